The summed E-state index contributed by atoms with van der Waals surface area (Å²) in [7, 11) is 0. The first-order valence-corrected chi connectivity index (χ1v) is 6.05. The zero-order valence-corrected chi connectivity index (χ0v) is 11.1. The zero-order chi connectivity index (χ0) is 14.0. The molecule has 3 N–H and O–H groups in total. The third kappa shape index (κ3) is 2.97. The molecule has 2 aromatic rings. The summed E-state index contributed by atoms with van der Waals surface area (Å²) in [4.78, 5) is 11.9. The normalized spacial score (nSPS) is 10.3. The van der Waals surface area contributed by atoms with E-state index in [0.29, 0.717) is 5.69 Å². The number of carbonyl (C=O) groups excluding carboxylic acids is 1. The fourth-order valence-electron chi connectivity index (χ4n) is 1.50. The van der Waals surface area contributed by atoms with Crippen LogP contribution in [0.25, 0.3) is 0 Å². The monoisotopic (exact) mass is 298 g/mol. The van der Waals surface area contributed by atoms with Crippen molar-refractivity contribution in [2.45, 2.75) is 0 Å². The molecule has 0 bridgehead atoms. The first-order valence-electron chi connectivity index (χ1n) is 5.29. The summed E-state index contributed by atoms with van der Waals surface area (Å²) in [5, 5.41) is 2.94. The molecule has 98 valence electrons. The molecule has 2 rings (SSSR count). The Kier molecular flexibility index (Phi) is 3.93. The molecule has 6 heteroatoms. The van der Waals surface area contributed by atoms with E-state index in [1.807, 2.05) is 0 Å². The minimum atomic E-state index is -0.604. The second-order valence-corrected chi connectivity index (χ2v) is 4.60. The van der Waals surface area contributed by atoms with E-state index >= 15 is 0 Å². The molecule has 0 saturated carbocycles. The number of amides is 1. The van der Waals surface area contributed by atoms with Gasteiger partial charge in [-0.3, -0.25) is 4.79 Å². The molecule has 0 radical (unpaired) electrons. The third-order valence-electron chi connectivity index (χ3n) is 2.46. The van der Waals surface area contributed by atoms with E-state index < -0.39 is 11.7 Å². The number of anilines is 2. The van der Waals surface area contributed by atoms with Gasteiger partial charge in [0.2, 0.25) is 0 Å². The van der Waals surface area contributed by atoms with Crippen molar-refractivity contribution in [1.29, 1.82) is 0 Å². The zero-order valence-electron chi connectivity index (χ0n) is 9.58. The Morgan fingerprint density at radius 2 is 1.74 bits per heavy atom. The Morgan fingerprint density at radius 1 is 1.16 bits per heavy atom. The molecule has 0 aliphatic rings. The molecular formula is C13H9Cl2FN2O. The molecule has 3 nitrogen and oxygen atoms in total. The molecule has 0 aliphatic heterocycles. The van der Waals surface area contributed by atoms with Crippen LogP contribution in [0.4, 0.5) is 15.8 Å². The number of carbonyl (C=O) groups is 1. The van der Waals surface area contributed by atoms with Crippen molar-refractivity contribution in [3.05, 3.63) is 57.8 Å². The van der Waals surface area contributed by atoms with Crippen LogP contribution >= 0.6 is 23.2 Å². The fourth-order valence-corrected chi connectivity index (χ4v) is 1.99. The van der Waals surface area contributed by atoms with E-state index in [1.54, 1.807) is 6.07 Å². The average Bonchev–Trinajstić information content (AvgIpc) is 2.36. The smallest absolute Gasteiger partial charge is 0.258 e. The standard InChI is InChI=1S/C13H9Cl2FN2O/c14-9-5-7(6-10(15)12(9)17)18-13(19)8-3-1-2-4-11(8)16/h1-6H,17H2,(H,18,19). The summed E-state index contributed by atoms with van der Waals surface area (Å²) in [6, 6.07) is 8.55. The van der Waals surface area contributed by atoms with E-state index in [0.717, 1.165) is 0 Å². The number of nitrogens with two attached hydrogens (primary N) is 1. The van der Waals surface area contributed by atoms with Gasteiger partial charge in [-0.15, -0.1) is 0 Å². The van der Waals surface area contributed by atoms with Gasteiger partial charge < -0.3 is 11.1 Å². The lowest BCUT2D eigenvalue weighted by molar-refractivity contribution is 0.102. The van der Waals surface area contributed by atoms with Crippen molar-refractivity contribution in [2.75, 3.05) is 11.1 Å². The van der Waals surface area contributed by atoms with E-state index in [-0.39, 0.29) is 21.3 Å². The first kappa shape index (κ1) is 13.6. The topological polar surface area (TPSA) is 55.1 Å². The quantitative estimate of drug-likeness (QED) is 0.824. The number of halogens is 3. The Bertz CT molecular complexity index is 623. The fraction of sp³-hybridized carbons (Fsp3) is 0. The van der Waals surface area contributed by atoms with Gasteiger partial charge in [0.05, 0.1) is 21.3 Å². The summed E-state index contributed by atoms with van der Waals surface area (Å²) < 4.78 is 13.4. The minimum absolute atomic E-state index is 0.0634. The van der Waals surface area contributed by atoms with E-state index in [9.17, 15) is 9.18 Å². The molecule has 0 aromatic heterocycles. The number of benzene rings is 2. The predicted molar refractivity (Wildman–Crippen MR) is 75.2 cm³/mol. The average molecular weight is 299 g/mol. The lowest BCUT2D eigenvalue weighted by Crippen LogP contribution is -2.13. The van der Waals surface area contributed by atoms with Gasteiger partial charge in [0.15, 0.2) is 0 Å². The van der Waals surface area contributed by atoms with Gasteiger partial charge in [0.25, 0.3) is 5.91 Å². The van der Waals surface area contributed by atoms with Crippen molar-refractivity contribution in [2.24, 2.45) is 0 Å². The van der Waals surface area contributed by atoms with Gasteiger partial charge in [0.1, 0.15) is 5.82 Å². The van der Waals surface area contributed by atoms with Crippen molar-refractivity contribution >= 4 is 40.5 Å². The van der Waals surface area contributed by atoms with Crippen LogP contribution in [0.15, 0.2) is 36.4 Å². The largest absolute Gasteiger partial charge is 0.396 e. The summed E-state index contributed by atoms with van der Waals surface area (Å²) in [6.07, 6.45) is 0. The Morgan fingerprint density at radius 3 is 2.32 bits per heavy atom. The van der Waals surface area contributed by atoms with E-state index in [4.69, 9.17) is 28.9 Å². The van der Waals surface area contributed by atoms with Crippen LogP contribution in [0.1, 0.15) is 10.4 Å². The van der Waals surface area contributed by atoms with Gasteiger partial charge in [-0.25, -0.2) is 4.39 Å². The molecule has 0 heterocycles. The summed E-state index contributed by atoms with van der Waals surface area (Å²) >= 11 is 11.7. The molecule has 0 unspecified atom stereocenters. The minimum Gasteiger partial charge on any atom is -0.396 e. The highest BCUT2D eigenvalue weighted by Crippen LogP contribution is 2.31. The van der Waals surface area contributed by atoms with Crippen LogP contribution in [0.3, 0.4) is 0 Å². The number of nitrogen functional groups attached to an aromatic ring is 1. The van der Waals surface area contributed by atoms with Gasteiger partial charge in [-0.1, -0.05) is 35.3 Å². The van der Waals surface area contributed by atoms with Crippen molar-refractivity contribution in [3.63, 3.8) is 0 Å². The lowest BCUT2D eigenvalue weighted by atomic mass is 10.2. The van der Waals surface area contributed by atoms with Crippen LogP contribution < -0.4 is 11.1 Å². The van der Waals surface area contributed by atoms with E-state index in [2.05, 4.69) is 5.32 Å². The highest BCUT2D eigenvalue weighted by atomic mass is 35.5. The summed E-state index contributed by atoms with van der Waals surface area (Å²) in [5.41, 5.74) is 6.09. The Labute approximate surface area is 119 Å². The van der Waals surface area contributed by atoms with Gasteiger partial charge in [0, 0.05) is 5.69 Å². The van der Waals surface area contributed by atoms with E-state index in [1.165, 1.54) is 30.3 Å². The molecular weight excluding hydrogens is 290 g/mol. The number of nitrogens with one attached hydrogen (secondary N) is 1. The molecule has 0 atom stereocenters. The summed E-state index contributed by atoms with van der Waals surface area (Å²) in [5.74, 6) is -1.19. The van der Waals surface area contributed by atoms with Crippen molar-refractivity contribution < 1.29 is 9.18 Å². The molecule has 2 aromatic carbocycles. The number of hydrogen-bond acceptors (Lipinski definition) is 2. The Hall–Kier alpha value is -1.78. The van der Waals surface area contributed by atoms with Crippen LogP contribution in [-0.4, -0.2) is 5.91 Å². The molecule has 0 aliphatic carbocycles. The summed E-state index contributed by atoms with van der Waals surface area (Å²) in [6.45, 7) is 0. The van der Waals surface area contributed by atoms with Crippen molar-refractivity contribution in [3.8, 4) is 0 Å². The third-order valence-corrected chi connectivity index (χ3v) is 3.08. The maximum atomic E-state index is 13.4. The second-order valence-electron chi connectivity index (χ2n) is 3.79. The van der Waals surface area contributed by atoms with Crippen LogP contribution in [0.5, 0.6) is 0 Å². The lowest BCUT2D eigenvalue weighted by Gasteiger charge is -2.09. The van der Waals surface area contributed by atoms with Gasteiger partial charge >= 0.3 is 0 Å². The number of rotatable bonds is 2. The highest BCUT2D eigenvalue weighted by Gasteiger charge is 2.12. The first-order chi connectivity index (χ1) is 8.99. The SMILES string of the molecule is Nc1c(Cl)cc(NC(=O)c2ccccc2F)cc1Cl. The second kappa shape index (κ2) is 5.47. The molecule has 19 heavy (non-hydrogen) atoms. The molecule has 0 fully saturated rings. The van der Waals surface area contributed by atoms with Crippen molar-refractivity contribution in [1.82, 2.24) is 0 Å². The highest BCUT2D eigenvalue weighted by molar-refractivity contribution is 6.39. The number of hydrogen-bond donors (Lipinski definition) is 2. The molecule has 0 spiro atoms. The van der Waals surface area contributed by atoms with Crippen LogP contribution in [0.2, 0.25) is 10.0 Å². The Balaban J connectivity index is 2.27. The van der Waals surface area contributed by atoms with Gasteiger partial charge in [-0.2, -0.15) is 0 Å². The molecule has 0 saturated heterocycles. The maximum Gasteiger partial charge on any atom is 0.258 e. The maximum absolute atomic E-state index is 13.4. The van der Waals surface area contributed by atoms with Gasteiger partial charge in [-0.05, 0) is 24.3 Å². The predicted octanol–water partition coefficient (Wildman–Crippen LogP) is 3.97. The molecule has 1 amide bonds. The van der Waals surface area contributed by atoms with Crippen LogP contribution in [0, 0.1) is 5.82 Å². The van der Waals surface area contributed by atoms with Crippen LogP contribution in [-0.2, 0) is 0 Å².